The fourth-order valence-electron chi connectivity index (χ4n) is 4.23. The topological polar surface area (TPSA) is 64.0 Å². The van der Waals surface area contributed by atoms with Crippen molar-refractivity contribution in [2.45, 2.75) is 59.9 Å². The molecule has 6 heteroatoms. The third-order valence-electron chi connectivity index (χ3n) is 6.22. The van der Waals surface area contributed by atoms with Gasteiger partial charge in [-0.2, -0.15) is 0 Å². The van der Waals surface area contributed by atoms with Gasteiger partial charge in [0.1, 0.15) is 11.4 Å². The van der Waals surface area contributed by atoms with Crippen LogP contribution in [0.15, 0.2) is 35.4 Å². The van der Waals surface area contributed by atoms with E-state index in [-0.39, 0.29) is 23.4 Å². The number of benzene rings is 1. The average Bonchev–Trinajstić information content (AvgIpc) is 3.08. The lowest BCUT2D eigenvalue weighted by molar-refractivity contribution is -0.116. The molecule has 30 heavy (non-hydrogen) atoms. The SMILES string of the molecule is CCc1ccc(NC(=O)Cn2cnc3sc4c(c3c2=O)CCC(C(C)(C)C)C4)cc1. The van der Waals surface area contributed by atoms with E-state index in [2.05, 4.69) is 38.0 Å². The summed E-state index contributed by atoms with van der Waals surface area (Å²) in [5.41, 5.74) is 3.26. The van der Waals surface area contributed by atoms with Gasteiger partial charge in [0.15, 0.2) is 0 Å². The zero-order chi connectivity index (χ0) is 21.5. The second-order valence-electron chi connectivity index (χ2n) is 9.27. The van der Waals surface area contributed by atoms with Crippen LogP contribution in [0.3, 0.4) is 0 Å². The van der Waals surface area contributed by atoms with Crippen LogP contribution in [0.2, 0.25) is 0 Å². The largest absolute Gasteiger partial charge is 0.325 e. The van der Waals surface area contributed by atoms with Crippen molar-refractivity contribution in [2.75, 3.05) is 5.32 Å². The van der Waals surface area contributed by atoms with E-state index in [1.807, 2.05) is 24.3 Å². The van der Waals surface area contributed by atoms with Gasteiger partial charge in [0, 0.05) is 10.6 Å². The molecule has 1 aliphatic carbocycles. The molecule has 1 atom stereocenters. The van der Waals surface area contributed by atoms with E-state index in [0.29, 0.717) is 11.3 Å². The summed E-state index contributed by atoms with van der Waals surface area (Å²) in [6.07, 6.45) is 5.47. The van der Waals surface area contributed by atoms with Crippen LogP contribution in [0, 0.1) is 11.3 Å². The van der Waals surface area contributed by atoms with Gasteiger partial charge in [0.05, 0.1) is 11.7 Å². The highest BCUT2D eigenvalue weighted by atomic mass is 32.1. The van der Waals surface area contributed by atoms with Crippen LogP contribution in [-0.2, 0) is 30.6 Å². The highest BCUT2D eigenvalue weighted by molar-refractivity contribution is 7.18. The normalized spacial score (nSPS) is 16.5. The molecular formula is C24H29N3O2S. The number of fused-ring (bicyclic) bond motifs is 3. The van der Waals surface area contributed by atoms with Gasteiger partial charge in [-0.3, -0.25) is 14.2 Å². The van der Waals surface area contributed by atoms with E-state index >= 15 is 0 Å². The zero-order valence-corrected chi connectivity index (χ0v) is 18.9. The molecule has 1 unspecified atom stereocenters. The predicted molar refractivity (Wildman–Crippen MR) is 123 cm³/mol. The summed E-state index contributed by atoms with van der Waals surface area (Å²) in [6.45, 7) is 8.92. The van der Waals surface area contributed by atoms with E-state index < -0.39 is 0 Å². The van der Waals surface area contributed by atoms with Gasteiger partial charge < -0.3 is 5.32 Å². The molecule has 0 saturated heterocycles. The fourth-order valence-corrected chi connectivity index (χ4v) is 5.49. The molecule has 0 spiro atoms. The molecule has 0 saturated carbocycles. The van der Waals surface area contributed by atoms with Crippen LogP contribution in [0.5, 0.6) is 0 Å². The Balaban J connectivity index is 1.56. The van der Waals surface area contributed by atoms with Crippen molar-refractivity contribution in [1.29, 1.82) is 0 Å². The van der Waals surface area contributed by atoms with Crippen LogP contribution in [-0.4, -0.2) is 15.5 Å². The number of anilines is 1. The quantitative estimate of drug-likeness (QED) is 0.655. The third kappa shape index (κ3) is 4.06. The van der Waals surface area contributed by atoms with Gasteiger partial charge in [-0.25, -0.2) is 4.98 Å². The third-order valence-corrected chi connectivity index (χ3v) is 7.38. The van der Waals surface area contributed by atoms with Gasteiger partial charge >= 0.3 is 0 Å². The summed E-state index contributed by atoms with van der Waals surface area (Å²) in [5.74, 6) is 0.393. The Morgan fingerprint density at radius 1 is 1.27 bits per heavy atom. The monoisotopic (exact) mass is 423 g/mol. The molecule has 4 rings (SSSR count). The number of aryl methyl sites for hydroxylation is 2. The van der Waals surface area contributed by atoms with Gasteiger partial charge in [0.25, 0.3) is 5.56 Å². The first-order valence-corrected chi connectivity index (χ1v) is 11.5. The lowest BCUT2D eigenvalue weighted by atomic mass is 9.72. The van der Waals surface area contributed by atoms with Gasteiger partial charge in [-0.15, -0.1) is 11.3 Å². The average molecular weight is 424 g/mol. The van der Waals surface area contributed by atoms with Gasteiger partial charge in [0.2, 0.25) is 5.91 Å². The van der Waals surface area contributed by atoms with E-state index in [1.165, 1.54) is 21.3 Å². The predicted octanol–water partition coefficient (Wildman–Crippen LogP) is 4.81. The summed E-state index contributed by atoms with van der Waals surface area (Å²) in [6, 6.07) is 7.78. The number of hydrogen-bond acceptors (Lipinski definition) is 4. The highest BCUT2D eigenvalue weighted by Crippen LogP contribution is 2.41. The van der Waals surface area contributed by atoms with E-state index in [9.17, 15) is 9.59 Å². The number of thiophene rings is 1. The van der Waals surface area contributed by atoms with Crippen LogP contribution < -0.4 is 10.9 Å². The Morgan fingerprint density at radius 2 is 2.00 bits per heavy atom. The van der Waals surface area contributed by atoms with Gasteiger partial charge in [-0.05, 0) is 60.3 Å². The maximum absolute atomic E-state index is 13.2. The number of aromatic nitrogens is 2. The second kappa shape index (κ2) is 7.99. The Hall–Kier alpha value is -2.47. The summed E-state index contributed by atoms with van der Waals surface area (Å²) >= 11 is 1.64. The first-order chi connectivity index (χ1) is 14.3. The number of amides is 1. The van der Waals surface area contributed by atoms with Crippen molar-refractivity contribution >= 4 is 33.1 Å². The second-order valence-corrected chi connectivity index (χ2v) is 10.3. The van der Waals surface area contributed by atoms with Crippen molar-refractivity contribution in [2.24, 2.45) is 11.3 Å². The molecule has 0 fully saturated rings. The van der Waals surface area contributed by atoms with Crippen molar-refractivity contribution in [3.8, 4) is 0 Å². The minimum absolute atomic E-state index is 0.0352. The molecule has 2 aromatic heterocycles. The summed E-state index contributed by atoms with van der Waals surface area (Å²) < 4.78 is 1.43. The van der Waals surface area contributed by atoms with Crippen LogP contribution in [0.1, 0.15) is 50.1 Å². The van der Waals surface area contributed by atoms with E-state index in [0.717, 1.165) is 41.8 Å². The lowest BCUT2D eigenvalue weighted by Crippen LogP contribution is -2.29. The van der Waals surface area contributed by atoms with Crippen molar-refractivity contribution in [3.05, 3.63) is 57.0 Å². The van der Waals surface area contributed by atoms with Crippen molar-refractivity contribution in [3.63, 3.8) is 0 Å². The summed E-state index contributed by atoms with van der Waals surface area (Å²) in [4.78, 5) is 32.3. The lowest BCUT2D eigenvalue weighted by Gasteiger charge is -2.33. The standard InChI is InChI=1S/C24H29N3O2S/c1-5-15-6-9-17(10-7-15)26-20(28)13-27-14-25-22-21(23(27)29)18-11-8-16(24(2,3)4)12-19(18)30-22/h6-7,9-10,14,16H,5,8,11-13H2,1-4H3,(H,26,28). The Kier molecular flexibility index (Phi) is 5.53. The molecule has 3 aromatic rings. The van der Waals surface area contributed by atoms with Crippen LogP contribution >= 0.6 is 11.3 Å². The minimum Gasteiger partial charge on any atom is -0.325 e. The Bertz CT molecular complexity index is 1140. The van der Waals surface area contributed by atoms with Crippen molar-refractivity contribution in [1.82, 2.24) is 9.55 Å². The number of carbonyl (C=O) groups excluding carboxylic acids is 1. The smallest absolute Gasteiger partial charge is 0.262 e. The number of nitrogens with one attached hydrogen (secondary N) is 1. The molecule has 0 aliphatic heterocycles. The zero-order valence-electron chi connectivity index (χ0n) is 18.1. The van der Waals surface area contributed by atoms with Crippen LogP contribution in [0.4, 0.5) is 5.69 Å². The number of rotatable bonds is 4. The summed E-state index contributed by atoms with van der Waals surface area (Å²) in [7, 11) is 0. The molecular weight excluding hydrogens is 394 g/mol. The fraction of sp³-hybridized carbons (Fsp3) is 0.458. The number of nitrogens with zero attached hydrogens (tertiary/aromatic N) is 2. The molecule has 0 bridgehead atoms. The Morgan fingerprint density at radius 3 is 2.67 bits per heavy atom. The molecule has 5 nitrogen and oxygen atoms in total. The molecule has 158 valence electrons. The Labute approximate surface area is 181 Å². The minimum atomic E-state index is -0.223. The first kappa shape index (κ1) is 20.8. The van der Waals surface area contributed by atoms with Crippen molar-refractivity contribution < 1.29 is 4.79 Å². The maximum Gasteiger partial charge on any atom is 0.262 e. The molecule has 1 N–H and O–H groups in total. The molecule has 0 radical (unpaired) electrons. The highest BCUT2D eigenvalue weighted by Gasteiger charge is 2.31. The maximum atomic E-state index is 13.2. The molecule has 1 aromatic carbocycles. The first-order valence-electron chi connectivity index (χ1n) is 10.6. The molecule has 2 heterocycles. The molecule has 1 amide bonds. The van der Waals surface area contributed by atoms with Crippen LogP contribution in [0.25, 0.3) is 10.2 Å². The number of carbonyl (C=O) groups is 1. The van der Waals surface area contributed by atoms with E-state index in [1.54, 1.807) is 11.3 Å². The van der Waals surface area contributed by atoms with Gasteiger partial charge in [-0.1, -0.05) is 39.8 Å². The number of hydrogen-bond donors (Lipinski definition) is 1. The van der Waals surface area contributed by atoms with E-state index in [4.69, 9.17) is 0 Å². The molecule has 1 aliphatic rings. The summed E-state index contributed by atoms with van der Waals surface area (Å²) in [5, 5.41) is 3.58.